The minimum Gasteiger partial charge on any atom is -0.385 e. The van der Waals surface area contributed by atoms with Gasteiger partial charge in [-0.2, -0.15) is 0 Å². The van der Waals surface area contributed by atoms with Gasteiger partial charge in [-0.3, -0.25) is 4.79 Å². The molecule has 1 aliphatic heterocycles. The van der Waals surface area contributed by atoms with Crippen LogP contribution in [0.25, 0.3) is 0 Å². The lowest BCUT2D eigenvalue weighted by Crippen LogP contribution is -2.37. The summed E-state index contributed by atoms with van der Waals surface area (Å²) in [5, 5.41) is 2.75. The summed E-state index contributed by atoms with van der Waals surface area (Å²) in [6.07, 6.45) is 4.28. The number of aromatic nitrogens is 2. The molecule has 1 amide bonds. The van der Waals surface area contributed by atoms with Crippen LogP contribution in [0.1, 0.15) is 30.3 Å². The number of nitrogens with zero attached hydrogens (tertiary/aromatic N) is 3. The molecule has 0 radical (unpaired) electrons. The van der Waals surface area contributed by atoms with Crippen LogP contribution in [-0.2, 0) is 14.6 Å². The van der Waals surface area contributed by atoms with Gasteiger partial charge in [0.25, 0.3) is 5.91 Å². The van der Waals surface area contributed by atoms with Crippen molar-refractivity contribution in [1.29, 1.82) is 0 Å². The fourth-order valence-electron chi connectivity index (χ4n) is 2.72. The number of hydrogen-bond acceptors (Lipinski definition) is 7. The molecule has 0 spiro atoms. The first-order valence-electron chi connectivity index (χ1n) is 8.03. The van der Waals surface area contributed by atoms with Gasteiger partial charge >= 0.3 is 0 Å². The van der Waals surface area contributed by atoms with Crippen molar-refractivity contribution in [1.82, 2.24) is 15.3 Å². The van der Waals surface area contributed by atoms with E-state index in [4.69, 9.17) is 4.74 Å². The fourth-order valence-corrected chi connectivity index (χ4v) is 4.45. The van der Waals surface area contributed by atoms with E-state index in [0.717, 1.165) is 6.42 Å². The van der Waals surface area contributed by atoms with E-state index in [9.17, 15) is 13.2 Å². The van der Waals surface area contributed by atoms with Crippen molar-refractivity contribution in [3.63, 3.8) is 0 Å². The fraction of sp³-hybridized carbons (Fsp3) is 0.667. The van der Waals surface area contributed by atoms with Crippen molar-refractivity contribution < 1.29 is 17.9 Å². The maximum absolute atomic E-state index is 12.0. The smallest absolute Gasteiger partial charge is 0.271 e. The van der Waals surface area contributed by atoms with Crippen LogP contribution >= 0.6 is 0 Å². The van der Waals surface area contributed by atoms with Gasteiger partial charge < -0.3 is 15.0 Å². The number of anilines is 1. The van der Waals surface area contributed by atoms with Gasteiger partial charge in [0.2, 0.25) is 0 Å². The second kappa shape index (κ2) is 8.39. The molecule has 9 heteroatoms. The summed E-state index contributed by atoms with van der Waals surface area (Å²) >= 11 is 0. The Morgan fingerprint density at radius 2 is 2.21 bits per heavy atom. The maximum atomic E-state index is 12.0. The predicted octanol–water partition coefficient (Wildman–Crippen LogP) is 0.256. The molecule has 0 aliphatic carbocycles. The minimum absolute atomic E-state index is 0.0805. The highest BCUT2D eigenvalue weighted by Gasteiger charge is 2.32. The molecule has 24 heavy (non-hydrogen) atoms. The summed E-state index contributed by atoms with van der Waals surface area (Å²) in [5.74, 6) is 0.667. The molecular formula is C15H24N4O4S. The van der Waals surface area contributed by atoms with Crippen molar-refractivity contribution in [2.45, 2.75) is 25.8 Å². The van der Waals surface area contributed by atoms with E-state index >= 15 is 0 Å². The molecule has 0 aromatic carbocycles. The average Bonchev–Trinajstić information content (AvgIpc) is 2.92. The van der Waals surface area contributed by atoms with E-state index in [0.29, 0.717) is 31.9 Å². The number of sulfone groups is 1. The summed E-state index contributed by atoms with van der Waals surface area (Å²) in [6, 6.07) is -0.0805. The maximum Gasteiger partial charge on any atom is 0.271 e. The molecule has 0 bridgehead atoms. The summed E-state index contributed by atoms with van der Waals surface area (Å²) in [5.41, 5.74) is 0.242. The van der Waals surface area contributed by atoms with Gasteiger partial charge in [0.15, 0.2) is 9.84 Å². The number of carbonyl (C=O) groups excluding carboxylic acids is 1. The Morgan fingerprint density at radius 3 is 2.75 bits per heavy atom. The third-order valence-electron chi connectivity index (χ3n) is 3.97. The number of hydrogen-bond donors (Lipinski definition) is 1. The van der Waals surface area contributed by atoms with Crippen LogP contribution in [0.5, 0.6) is 0 Å². The monoisotopic (exact) mass is 356 g/mol. The van der Waals surface area contributed by atoms with Crippen LogP contribution < -0.4 is 10.2 Å². The lowest BCUT2D eigenvalue weighted by Gasteiger charge is -2.27. The van der Waals surface area contributed by atoms with Crippen LogP contribution in [0, 0.1) is 0 Å². The quantitative estimate of drug-likeness (QED) is 0.667. The predicted molar refractivity (Wildman–Crippen MR) is 90.9 cm³/mol. The van der Waals surface area contributed by atoms with E-state index < -0.39 is 9.84 Å². The second-order valence-electron chi connectivity index (χ2n) is 5.70. The molecule has 1 unspecified atom stereocenters. The van der Waals surface area contributed by atoms with Gasteiger partial charge in [-0.05, 0) is 19.8 Å². The molecular weight excluding hydrogens is 332 g/mol. The first-order chi connectivity index (χ1) is 11.5. The van der Waals surface area contributed by atoms with Crippen molar-refractivity contribution in [3.8, 4) is 0 Å². The van der Waals surface area contributed by atoms with Gasteiger partial charge in [-0.1, -0.05) is 0 Å². The SMILES string of the molecule is CCN(c1cnc(C(=O)NCCCOC)cn1)C1CCS(=O)(=O)C1. The van der Waals surface area contributed by atoms with Gasteiger partial charge in [-0.25, -0.2) is 18.4 Å². The number of amides is 1. The highest BCUT2D eigenvalue weighted by Crippen LogP contribution is 2.22. The lowest BCUT2D eigenvalue weighted by molar-refractivity contribution is 0.0943. The van der Waals surface area contributed by atoms with Crippen LogP contribution in [0.2, 0.25) is 0 Å². The van der Waals surface area contributed by atoms with Gasteiger partial charge in [-0.15, -0.1) is 0 Å². The van der Waals surface area contributed by atoms with Crippen molar-refractivity contribution >= 4 is 21.6 Å². The molecule has 2 heterocycles. The zero-order chi connectivity index (χ0) is 17.6. The molecule has 1 aromatic rings. The number of rotatable bonds is 8. The topological polar surface area (TPSA) is 101 Å². The lowest BCUT2D eigenvalue weighted by atomic mass is 10.2. The molecule has 2 rings (SSSR count). The Hall–Kier alpha value is -1.74. The van der Waals surface area contributed by atoms with E-state index in [1.807, 2.05) is 11.8 Å². The zero-order valence-electron chi connectivity index (χ0n) is 14.1. The molecule has 1 aliphatic rings. The largest absolute Gasteiger partial charge is 0.385 e. The third-order valence-corrected chi connectivity index (χ3v) is 5.72. The van der Waals surface area contributed by atoms with Crippen molar-refractivity contribution in [3.05, 3.63) is 18.1 Å². The van der Waals surface area contributed by atoms with E-state index in [1.54, 1.807) is 7.11 Å². The summed E-state index contributed by atoms with van der Waals surface area (Å²) < 4.78 is 28.2. The van der Waals surface area contributed by atoms with Gasteiger partial charge in [0, 0.05) is 32.8 Å². The van der Waals surface area contributed by atoms with Crippen LogP contribution in [0.3, 0.4) is 0 Å². The Kier molecular flexibility index (Phi) is 6.50. The first kappa shape index (κ1) is 18.6. The number of ether oxygens (including phenoxy) is 1. The molecule has 1 saturated heterocycles. The van der Waals surface area contributed by atoms with E-state index in [1.165, 1.54) is 12.4 Å². The highest BCUT2D eigenvalue weighted by atomic mass is 32.2. The molecule has 1 fully saturated rings. The van der Waals surface area contributed by atoms with Gasteiger partial charge in [0.1, 0.15) is 11.5 Å². The molecule has 1 aromatic heterocycles. The summed E-state index contributed by atoms with van der Waals surface area (Å²) in [4.78, 5) is 22.3. The Morgan fingerprint density at radius 1 is 1.42 bits per heavy atom. The van der Waals surface area contributed by atoms with Crippen molar-refractivity contribution in [2.75, 3.05) is 43.2 Å². The Labute approximate surface area is 142 Å². The number of nitrogens with one attached hydrogen (secondary N) is 1. The van der Waals surface area contributed by atoms with E-state index in [2.05, 4.69) is 15.3 Å². The number of carbonyl (C=O) groups is 1. The summed E-state index contributed by atoms with van der Waals surface area (Å²) in [7, 11) is -1.35. The van der Waals surface area contributed by atoms with Crippen LogP contribution in [0.4, 0.5) is 5.82 Å². The number of methoxy groups -OCH3 is 1. The summed E-state index contributed by atoms with van der Waals surface area (Å²) in [6.45, 7) is 3.68. The molecule has 8 nitrogen and oxygen atoms in total. The Balaban J connectivity index is 1.98. The standard InChI is InChI=1S/C15H24N4O4S/c1-3-19(12-5-8-24(21,22)11-12)14-10-17-13(9-18-14)15(20)16-6-4-7-23-2/h9-10,12H,3-8,11H2,1-2H3,(H,16,20). The van der Waals surface area contributed by atoms with Crippen LogP contribution in [-0.4, -0.2) is 68.6 Å². The molecule has 1 N–H and O–H groups in total. The highest BCUT2D eigenvalue weighted by molar-refractivity contribution is 7.91. The molecule has 1 atom stereocenters. The van der Waals surface area contributed by atoms with Crippen LogP contribution in [0.15, 0.2) is 12.4 Å². The minimum atomic E-state index is -2.96. The molecule has 0 saturated carbocycles. The first-order valence-corrected chi connectivity index (χ1v) is 9.85. The average molecular weight is 356 g/mol. The zero-order valence-corrected chi connectivity index (χ0v) is 14.9. The third kappa shape index (κ3) is 4.88. The van der Waals surface area contributed by atoms with Gasteiger partial charge in [0.05, 0.1) is 23.9 Å². The van der Waals surface area contributed by atoms with E-state index in [-0.39, 0.29) is 29.1 Å². The molecule has 134 valence electrons. The Bertz CT molecular complexity index is 648. The normalized spacial score (nSPS) is 19.2. The second-order valence-corrected chi connectivity index (χ2v) is 7.93. The van der Waals surface area contributed by atoms with Crippen molar-refractivity contribution in [2.24, 2.45) is 0 Å².